The van der Waals surface area contributed by atoms with Gasteiger partial charge in [-0.15, -0.1) is 5.10 Å². The van der Waals surface area contributed by atoms with E-state index in [1.165, 1.54) is 0 Å². The SMILES string of the molecule is CC1=C(N2CCC3(CCC(N(C)Cc4cnc(-n5cnnn5)s4)CC3)C2=O)COC1=O. The number of likely N-dealkylation sites (tertiary alicyclic amines) is 1. The van der Waals surface area contributed by atoms with Crippen molar-refractivity contribution in [3.05, 3.63) is 28.7 Å². The van der Waals surface area contributed by atoms with Crippen LogP contribution in [0, 0.1) is 5.41 Å². The van der Waals surface area contributed by atoms with Gasteiger partial charge < -0.3 is 9.64 Å². The lowest BCUT2D eigenvalue weighted by Crippen LogP contribution is -2.42. The van der Waals surface area contributed by atoms with Crippen molar-refractivity contribution in [3.63, 3.8) is 0 Å². The highest BCUT2D eigenvalue weighted by atomic mass is 32.1. The zero-order valence-corrected chi connectivity index (χ0v) is 18.5. The average molecular weight is 444 g/mol. The summed E-state index contributed by atoms with van der Waals surface area (Å²) in [6.07, 6.45) is 8.03. The lowest BCUT2D eigenvalue weighted by atomic mass is 9.71. The molecule has 2 aliphatic heterocycles. The van der Waals surface area contributed by atoms with E-state index >= 15 is 0 Å². The molecule has 1 aliphatic carbocycles. The summed E-state index contributed by atoms with van der Waals surface area (Å²) in [5.74, 6) is -0.129. The number of hydrogen-bond donors (Lipinski definition) is 0. The van der Waals surface area contributed by atoms with Crippen molar-refractivity contribution < 1.29 is 14.3 Å². The number of aromatic nitrogens is 5. The van der Waals surface area contributed by atoms with Crippen LogP contribution in [0.4, 0.5) is 0 Å². The highest BCUT2D eigenvalue weighted by molar-refractivity contribution is 7.14. The predicted octanol–water partition coefficient (Wildman–Crippen LogP) is 1.54. The van der Waals surface area contributed by atoms with Crippen LogP contribution in [0.25, 0.3) is 5.13 Å². The highest BCUT2D eigenvalue weighted by Crippen LogP contribution is 2.47. The maximum absolute atomic E-state index is 13.3. The Kier molecular flexibility index (Phi) is 5.09. The Labute approximate surface area is 183 Å². The fraction of sp³-hybridized carbons (Fsp3) is 0.600. The minimum atomic E-state index is -0.305. The van der Waals surface area contributed by atoms with Crippen LogP contribution in [-0.4, -0.2) is 73.1 Å². The van der Waals surface area contributed by atoms with Gasteiger partial charge in [0.05, 0.1) is 16.7 Å². The molecule has 5 rings (SSSR count). The van der Waals surface area contributed by atoms with Crippen LogP contribution in [0.3, 0.4) is 0 Å². The summed E-state index contributed by atoms with van der Waals surface area (Å²) in [5.41, 5.74) is 1.05. The first-order valence-corrected chi connectivity index (χ1v) is 11.4. The lowest BCUT2D eigenvalue weighted by Gasteiger charge is -2.39. The van der Waals surface area contributed by atoms with Crippen molar-refractivity contribution in [2.75, 3.05) is 20.2 Å². The van der Waals surface area contributed by atoms with Gasteiger partial charge in [-0.05, 0) is 56.5 Å². The third-order valence-corrected chi connectivity index (χ3v) is 7.92. The molecule has 2 fully saturated rings. The van der Waals surface area contributed by atoms with Gasteiger partial charge in [0.2, 0.25) is 11.0 Å². The normalized spacial score (nSPS) is 26.5. The average Bonchev–Trinajstić information content (AvgIpc) is 3.55. The van der Waals surface area contributed by atoms with Crippen LogP contribution >= 0.6 is 11.3 Å². The Morgan fingerprint density at radius 1 is 1.29 bits per heavy atom. The summed E-state index contributed by atoms with van der Waals surface area (Å²) >= 11 is 1.58. The topological polar surface area (TPSA) is 106 Å². The first-order valence-electron chi connectivity index (χ1n) is 10.5. The molecule has 2 aromatic heterocycles. The molecule has 1 saturated heterocycles. The Balaban J connectivity index is 1.20. The molecule has 0 radical (unpaired) electrons. The minimum absolute atomic E-state index is 0.176. The molecular formula is C20H25N7O3S. The van der Waals surface area contributed by atoms with Gasteiger partial charge in [0.15, 0.2) is 0 Å². The van der Waals surface area contributed by atoms with E-state index in [9.17, 15) is 9.59 Å². The van der Waals surface area contributed by atoms with Crippen molar-refractivity contribution in [1.82, 2.24) is 35.0 Å². The number of nitrogens with zero attached hydrogens (tertiary/aromatic N) is 7. The number of carbonyl (C=O) groups is 2. The summed E-state index contributed by atoms with van der Waals surface area (Å²) in [6, 6.07) is 0.434. The number of thiazole rings is 1. The molecule has 1 amide bonds. The summed E-state index contributed by atoms with van der Waals surface area (Å²) < 4.78 is 6.68. The molecule has 11 heteroatoms. The van der Waals surface area contributed by atoms with Crippen LogP contribution in [-0.2, 0) is 20.9 Å². The van der Waals surface area contributed by atoms with Crippen LogP contribution in [0.5, 0.6) is 0 Å². The van der Waals surface area contributed by atoms with Gasteiger partial charge in [0, 0.05) is 30.2 Å². The maximum Gasteiger partial charge on any atom is 0.336 e. The number of hydrogen-bond acceptors (Lipinski definition) is 9. The van der Waals surface area contributed by atoms with Crippen LogP contribution in [0.15, 0.2) is 23.8 Å². The van der Waals surface area contributed by atoms with E-state index < -0.39 is 0 Å². The lowest BCUT2D eigenvalue weighted by molar-refractivity contribution is -0.138. The summed E-state index contributed by atoms with van der Waals surface area (Å²) in [4.78, 5) is 34.7. The standard InChI is InChI=1S/C20H25N7O3S/c1-13-16(11-30-17(13)28)26-8-7-20(18(26)29)5-3-14(4-6-20)25(2)10-15-9-21-19(31-15)27-12-22-23-24-27/h9,12,14H,3-8,10-11H2,1-2H3. The van der Waals surface area contributed by atoms with Gasteiger partial charge in [-0.3, -0.25) is 9.69 Å². The van der Waals surface area contributed by atoms with Crippen LogP contribution < -0.4 is 0 Å². The molecule has 4 heterocycles. The van der Waals surface area contributed by atoms with Gasteiger partial charge in [0.1, 0.15) is 12.9 Å². The van der Waals surface area contributed by atoms with Crippen molar-refractivity contribution in [1.29, 1.82) is 0 Å². The second kappa shape index (κ2) is 7.79. The van der Waals surface area contributed by atoms with Crippen molar-refractivity contribution in [3.8, 4) is 5.13 Å². The molecule has 2 aromatic rings. The Morgan fingerprint density at radius 3 is 2.77 bits per heavy atom. The van der Waals surface area contributed by atoms with Crippen molar-refractivity contribution in [2.45, 2.75) is 51.6 Å². The van der Waals surface area contributed by atoms with Gasteiger partial charge >= 0.3 is 5.97 Å². The molecule has 0 N–H and O–H groups in total. The fourth-order valence-corrected chi connectivity index (χ4v) is 5.88. The molecule has 0 bridgehead atoms. The predicted molar refractivity (Wildman–Crippen MR) is 111 cm³/mol. The van der Waals surface area contributed by atoms with Crippen LogP contribution in [0.2, 0.25) is 0 Å². The monoisotopic (exact) mass is 443 g/mol. The van der Waals surface area contributed by atoms with Crippen LogP contribution in [0.1, 0.15) is 43.9 Å². The third kappa shape index (κ3) is 3.55. The number of carbonyl (C=O) groups excluding carboxylic acids is 2. The van der Waals surface area contributed by atoms with E-state index in [-0.39, 0.29) is 23.9 Å². The van der Waals surface area contributed by atoms with Gasteiger partial charge in [0.25, 0.3) is 0 Å². The van der Waals surface area contributed by atoms with Gasteiger partial charge in [-0.1, -0.05) is 11.3 Å². The zero-order chi connectivity index (χ0) is 21.6. The number of esters is 1. The molecule has 3 aliphatic rings. The Bertz CT molecular complexity index is 1020. The zero-order valence-electron chi connectivity index (χ0n) is 17.7. The smallest absolute Gasteiger partial charge is 0.336 e. The number of tetrazole rings is 1. The summed E-state index contributed by atoms with van der Waals surface area (Å²) in [7, 11) is 2.14. The molecule has 1 spiro atoms. The van der Waals surface area contributed by atoms with E-state index in [0.29, 0.717) is 18.2 Å². The van der Waals surface area contributed by atoms with E-state index in [0.717, 1.165) is 54.4 Å². The molecule has 31 heavy (non-hydrogen) atoms. The second-order valence-electron chi connectivity index (χ2n) is 8.64. The van der Waals surface area contributed by atoms with E-state index in [1.807, 2.05) is 11.1 Å². The second-order valence-corrected chi connectivity index (χ2v) is 9.74. The molecular weight excluding hydrogens is 418 g/mol. The minimum Gasteiger partial charge on any atom is -0.456 e. The van der Waals surface area contributed by atoms with E-state index in [2.05, 4.69) is 32.5 Å². The molecule has 0 atom stereocenters. The quantitative estimate of drug-likeness (QED) is 0.641. The fourth-order valence-electron chi connectivity index (χ4n) is 4.99. The van der Waals surface area contributed by atoms with E-state index in [1.54, 1.807) is 29.3 Å². The molecule has 10 nitrogen and oxygen atoms in total. The number of rotatable bonds is 5. The van der Waals surface area contributed by atoms with E-state index in [4.69, 9.17) is 4.74 Å². The van der Waals surface area contributed by atoms with Gasteiger partial charge in [-0.25, -0.2) is 9.78 Å². The highest BCUT2D eigenvalue weighted by Gasteiger charge is 2.50. The Hall–Kier alpha value is -2.66. The van der Waals surface area contributed by atoms with Crippen molar-refractivity contribution >= 4 is 23.2 Å². The molecule has 1 saturated carbocycles. The molecule has 0 unspecified atom stereocenters. The summed E-state index contributed by atoms with van der Waals surface area (Å²) in [5, 5.41) is 11.9. The summed E-state index contributed by atoms with van der Waals surface area (Å²) in [6.45, 7) is 3.46. The first-order chi connectivity index (χ1) is 15.0. The molecule has 164 valence electrons. The molecule has 0 aromatic carbocycles. The number of amides is 1. The Morgan fingerprint density at radius 2 is 2.10 bits per heavy atom. The number of cyclic esters (lactones) is 1. The largest absolute Gasteiger partial charge is 0.456 e. The van der Waals surface area contributed by atoms with Gasteiger partial charge in [-0.2, -0.15) is 4.68 Å². The third-order valence-electron chi connectivity index (χ3n) is 6.94. The maximum atomic E-state index is 13.3. The number of ether oxygens (including phenoxy) is 1. The first kappa shape index (κ1) is 20.3. The van der Waals surface area contributed by atoms with Crippen molar-refractivity contribution in [2.24, 2.45) is 5.41 Å².